The number of aromatic nitrogens is 1. The highest BCUT2D eigenvalue weighted by Gasteiger charge is 2.40. The van der Waals surface area contributed by atoms with Gasteiger partial charge in [0.25, 0.3) is 0 Å². The fourth-order valence-corrected chi connectivity index (χ4v) is 5.33. The zero-order valence-corrected chi connectivity index (χ0v) is 18.7. The molecule has 2 heterocycles. The van der Waals surface area contributed by atoms with Crippen molar-refractivity contribution in [2.45, 2.75) is 39.7 Å². The first-order valence-corrected chi connectivity index (χ1v) is 11.6. The molecule has 2 N–H and O–H groups in total. The maximum absolute atomic E-state index is 6.74. The van der Waals surface area contributed by atoms with Gasteiger partial charge in [-0.05, 0) is 31.9 Å². The van der Waals surface area contributed by atoms with E-state index in [0.29, 0.717) is 4.48 Å². The minimum absolute atomic E-state index is 0.605. The van der Waals surface area contributed by atoms with Crippen molar-refractivity contribution in [3.05, 3.63) is 94.8 Å². The number of benzene rings is 2. The molecule has 3 nitrogen and oxygen atoms in total. The summed E-state index contributed by atoms with van der Waals surface area (Å²) in [6.45, 7) is 6.03. The van der Waals surface area contributed by atoms with Crippen LogP contribution >= 0.6 is 11.3 Å². The van der Waals surface area contributed by atoms with E-state index in [2.05, 4.69) is 86.7 Å². The molecule has 0 bridgehead atoms. The third kappa shape index (κ3) is 4.11. The van der Waals surface area contributed by atoms with Gasteiger partial charge in [0.15, 0.2) is 0 Å². The van der Waals surface area contributed by atoms with E-state index in [0.717, 1.165) is 37.4 Å². The van der Waals surface area contributed by atoms with Crippen LogP contribution in [-0.2, 0) is 13.0 Å². The SMILES string of the molecule is CCCCc1nc(-c2cccc(C)c2)c([N+]2(Cc3ccccc3)CC=CC=C2N)s1. The van der Waals surface area contributed by atoms with E-state index in [1.54, 1.807) is 0 Å². The van der Waals surface area contributed by atoms with Gasteiger partial charge in [0.1, 0.15) is 18.8 Å². The topological polar surface area (TPSA) is 38.9 Å². The first-order valence-electron chi connectivity index (χ1n) is 10.7. The lowest BCUT2D eigenvalue weighted by Gasteiger charge is -2.37. The number of quaternary nitrogens is 1. The Bertz CT molecular complexity index is 1060. The summed E-state index contributed by atoms with van der Waals surface area (Å²) in [6, 6.07) is 19.3. The summed E-state index contributed by atoms with van der Waals surface area (Å²) >= 11 is 1.83. The molecule has 0 fully saturated rings. The minimum atomic E-state index is 0.605. The molecule has 0 radical (unpaired) electrons. The van der Waals surface area contributed by atoms with Crippen LogP contribution in [0.2, 0.25) is 0 Å². The Labute approximate surface area is 183 Å². The van der Waals surface area contributed by atoms with Gasteiger partial charge in [0.2, 0.25) is 10.8 Å². The fourth-order valence-electron chi connectivity index (χ4n) is 4.04. The van der Waals surface area contributed by atoms with Crippen molar-refractivity contribution in [3.8, 4) is 11.3 Å². The monoisotopic (exact) mass is 416 g/mol. The van der Waals surface area contributed by atoms with Gasteiger partial charge in [-0.2, -0.15) is 0 Å². The zero-order chi connectivity index (χ0) is 21.0. The standard InChI is InChI=1S/C26H30N3S/c1-3-4-16-24-28-25(22-14-10-11-20(2)18-22)26(30-24)29(17-9-8-15-23(29)27)19-21-12-6-5-7-13-21/h5-15,18H,3-4,16-17,19,27H2,1-2H3/q+1. The summed E-state index contributed by atoms with van der Waals surface area (Å²) in [5.41, 5.74) is 11.5. The molecule has 0 aliphatic carbocycles. The predicted molar refractivity (Wildman–Crippen MR) is 129 cm³/mol. The predicted octanol–water partition coefficient (Wildman–Crippen LogP) is 6.34. The van der Waals surface area contributed by atoms with Crippen LogP contribution in [-0.4, -0.2) is 11.5 Å². The van der Waals surface area contributed by atoms with Gasteiger partial charge in [-0.25, -0.2) is 9.47 Å². The molecule has 2 aromatic carbocycles. The molecule has 0 amide bonds. The van der Waals surface area contributed by atoms with Crippen molar-refractivity contribution in [3.63, 3.8) is 0 Å². The van der Waals surface area contributed by atoms with E-state index in [1.165, 1.54) is 33.1 Å². The Balaban J connectivity index is 1.88. The summed E-state index contributed by atoms with van der Waals surface area (Å²) < 4.78 is 0.605. The lowest BCUT2D eigenvalue weighted by molar-refractivity contribution is 0.364. The molecule has 30 heavy (non-hydrogen) atoms. The molecule has 1 aliphatic heterocycles. The van der Waals surface area contributed by atoms with Crippen LogP contribution in [0.25, 0.3) is 11.3 Å². The van der Waals surface area contributed by atoms with Crippen molar-refractivity contribution < 1.29 is 0 Å². The molecule has 154 valence electrons. The quantitative estimate of drug-likeness (QED) is 0.457. The van der Waals surface area contributed by atoms with Gasteiger partial charge in [0.05, 0.1) is 5.01 Å². The first kappa shape index (κ1) is 20.6. The van der Waals surface area contributed by atoms with E-state index in [1.807, 2.05) is 11.3 Å². The van der Waals surface area contributed by atoms with Crippen LogP contribution in [0.3, 0.4) is 0 Å². The van der Waals surface area contributed by atoms with E-state index in [4.69, 9.17) is 10.7 Å². The maximum Gasteiger partial charge on any atom is 0.223 e. The Kier molecular flexibility index (Phi) is 6.16. The number of thiazole rings is 1. The van der Waals surface area contributed by atoms with E-state index < -0.39 is 0 Å². The summed E-state index contributed by atoms with van der Waals surface area (Å²) in [5, 5.41) is 2.45. The minimum Gasteiger partial charge on any atom is -0.354 e. The molecule has 1 atom stereocenters. The second-order valence-corrected chi connectivity index (χ2v) is 9.11. The number of allylic oxidation sites excluding steroid dienone is 2. The van der Waals surface area contributed by atoms with Crippen molar-refractivity contribution in [1.82, 2.24) is 9.47 Å². The first-order chi connectivity index (χ1) is 14.6. The van der Waals surface area contributed by atoms with Gasteiger partial charge in [-0.1, -0.05) is 84.9 Å². The molecule has 1 aromatic heterocycles. The smallest absolute Gasteiger partial charge is 0.223 e. The molecule has 0 spiro atoms. The van der Waals surface area contributed by atoms with Crippen LogP contribution in [0.15, 0.2) is 78.6 Å². The lowest BCUT2D eigenvalue weighted by atomic mass is 10.1. The van der Waals surface area contributed by atoms with Gasteiger partial charge >= 0.3 is 0 Å². The van der Waals surface area contributed by atoms with Gasteiger partial charge in [-0.3, -0.25) is 0 Å². The average molecular weight is 417 g/mol. The fraction of sp³-hybridized carbons (Fsp3) is 0.269. The molecule has 1 unspecified atom stereocenters. The largest absolute Gasteiger partial charge is 0.354 e. The molecular formula is C26H30N3S+. The van der Waals surface area contributed by atoms with E-state index in [9.17, 15) is 0 Å². The van der Waals surface area contributed by atoms with Crippen LogP contribution < -0.4 is 10.2 Å². The number of hydrogen-bond donors (Lipinski definition) is 1. The van der Waals surface area contributed by atoms with Gasteiger partial charge in [-0.15, -0.1) is 0 Å². The Hall–Kier alpha value is -2.69. The van der Waals surface area contributed by atoms with E-state index >= 15 is 0 Å². The zero-order valence-electron chi connectivity index (χ0n) is 17.8. The summed E-state index contributed by atoms with van der Waals surface area (Å²) in [4.78, 5) is 5.15. The molecule has 0 saturated carbocycles. The summed E-state index contributed by atoms with van der Waals surface area (Å²) in [7, 11) is 0. The number of aryl methyl sites for hydroxylation is 2. The summed E-state index contributed by atoms with van der Waals surface area (Å²) in [5.74, 6) is 0.876. The number of nitrogens with two attached hydrogens (primary N) is 1. The second-order valence-electron chi connectivity index (χ2n) is 8.05. The lowest BCUT2D eigenvalue weighted by Crippen LogP contribution is -2.51. The van der Waals surface area contributed by atoms with Crippen molar-refractivity contribution in [1.29, 1.82) is 0 Å². The van der Waals surface area contributed by atoms with Crippen LogP contribution in [0.5, 0.6) is 0 Å². The van der Waals surface area contributed by atoms with E-state index in [-0.39, 0.29) is 0 Å². The van der Waals surface area contributed by atoms with Crippen LogP contribution in [0.1, 0.15) is 35.9 Å². The van der Waals surface area contributed by atoms with Crippen LogP contribution in [0.4, 0.5) is 5.00 Å². The highest BCUT2D eigenvalue weighted by Crippen LogP contribution is 2.44. The van der Waals surface area contributed by atoms with Gasteiger partial charge in [0, 0.05) is 17.2 Å². The number of hydrogen-bond acceptors (Lipinski definition) is 3. The molecule has 0 saturated heterocycles. The maximum atomic E-state index is 6.74. The Morgan fingerprint density at radius 2 is 1.93 bits per heavy atom. The molecule has 1 aliphatic rings. The molecular weight excluding hydrogens is 386 g/mol. The van der Waals surface area contributed by atoms with Crippen molar-refractivity contribution in [2.24, 2.45) is 5.73 Å². The third-order valence-corrected chi connectivity index (χ3v) is 6.95. The normalized spacial score (nSPS) is 18.4. The third-order valence-electron chi connectivity index (χ3n) is 5.69. The highest BCUT2D eigenvalue weighted by atomic mass is 32.1. The average Bonchev–Trinajstić information content (AvgIpc) is 3.19. The number of rotatable bonds is 7. The second kappa shape index (κ2) is 8.99. The molecule has 3 aromatic rings. The van der Waals surface area contributed by atoms with Gasteiger partial charge < -0.3 is 5.73 Å². The Morgan fingerprint density at radius 1 is 1.10 bits per heavy atom. The van der Waals surface area contributed by atoms with Crippen LogP contribution in [0, 0.1) is 6.92 Å². The Morgan fingerprint density at radius 3 is 2.67 bits per heavy atom. The molecule has 4 rings (SSSR count). The number of nitrogens with zero attached hydrogens (tertiary/aromatic N) is 2. The van der Waals surface area contributed by atoms with Crippen molar-refractivity contribution in [2.75, 3.05) is 6.54 Å². The highest BCUT2D eigenvalue weighted by molar-refractivity contribution is 7.16. The van der Waals surface area contributed by atoms with Crippen molar-refractivity contribution >= 4 is 16.3 Å². The molecule has 4 heteroatoms. The number of unbranched alkanes of at least 4 members (excludes halogenated alkanes) is 1. The summed E-state index contributed by atoms with van der Waals surface area (Å²) in [6.07, 6.45) is 9.70.